The monoisotopic (exact) mass is 261 g/mol. The molecule has 0 radical (unpaired) electrons. The standard InChI is InChI=1S/C13H15N3O3/c14-8-12-15-11(13(19)16(12)5-6-17)7-9-1-3-10(18)4-2-9/h1-4,6,9,11H,5,7-8,14H2/t11-/m1/s1. The van der Waals surface area contributed by atoms with Crippen LogP contribution in [0.2, 0.25) is 0 Å². The quantitative estimate of drug-likeness (QED) is 0.672. The fourth-order valence-electron chi connectivity index (χ4n) is 2.17. The van der Waals surface area contributed by atoms with Crippen LogP contribution in [-0.4, -0.2) is 47.8 Å². The molecule has 1 heterocycles. The average Bonchev–Trinajstić information content (AvgIpc) is 2.70. The molecule has 2 aliphatic rings. The van der Waals surface area contributed by atoms with Crippen LogP contribution in [0.3, 0.4) is 0 Å². The van der Waals surface area contributed by atoms with Gasteiger partial charge in [0.1, 0.15) is 18.2 Å². The van der Waals surface area contributed by atoms with Crippen molar-refractivity contribution in [1.82, 2.24) is 4.90 Å². The molecule has 6 nitrogen and oxygen atoms in total. The molecule has 0 aromatic heterocycles. The van der Waals surface area contributed by atoms with Gasteiger partial charge in [-0.2, -0.15) is 0 Å². The molecular formula is C13H15N3O3. The van der Waals surface area contributed by atoms with E-state index >= 15 is 0 Å². The van der Waals surface area contributed by atoms with Crippen LogP contribution in [0.1, 0.15) is 6.42 Å². The molecule has 0 bridgehead atoms. The summed E-state index contributed by atoms with van der Waals surface area (Å²) >= 11 is 0. The molecule has 0 aromatic carbocycles. The maximum atomic E-state index is 12.1. The van der Waals surface area contributed by atoms with Gasteiger partial charge in [0.25, 0.3) is 5.91 Å². The average molecular weight is 261 g/mol. The summed E-state index contributed by atoms with van der Waals surface area (Å²) in [6.45, 7) is 0.116. The Bertz CT molecular complexity index is 477. The smallest absolute Gasteiger partial charge is 0.253 e. The number of aldehydes is 1. The van der Waals surface area contributed by atoms with Crippen LogP contribution in [0.5, 0.6) is 0 Å². The predicted octanol–water partition coefficient (Wildman–Crippen LogP) is -0.545. The molecule has 0 saturated carbocycles. The van der Waals surface area contributed by atoms with Crippen molar-refractivity contribution in [2.75, 3.05) is 13.1 Å². The van der Waals surface area contributed by atoms with Crippen molar-refractivity contribution in [3.63, 3.8) is 0 Å². The van der Waals surface area contributed by atoms with Gasteiger partial charge in [-0.15, -0.1) is 0 Å². The van der Waals surface area contributed by atoms with Crippen molar-refractivity contribution >= 4 is 23.8 Å². The molecule has 19 heavy (non-hydrogen) atoms. The third-order valence-electron chi connectivity index (χ3n) is 3.12. The summed E-state index contributed by atoms with van der Waals surface area (Å²) in [7, 11) is 0. The highest BCUT2D eigenvalue weighted by Gasteiger charge is 2.34. The van der Waals surface area contributed by atoms with Crippen molar-refractivity contribution in [3.05, 3.63) is 24.3 Å². The Morgan fingerprint density at radius 3 is 2.58 bits per heavy atom. The third-order valence-corrected chi connectivity index (χ3v) is 3.12. The van der Waals surface area contributed by atoms with E-state index in [2.05, 4.69) is 4.99 Å². The molecule has 0 fully saturated rings. The van der Waals surface area contributed by atoms with Crippen LogP contribution in [-0.2, 0) is 14.4 Å². The normalized spacial score (nSPS) is 23.1. The molecule has 2 rings (SSSR count). The minimum Gasteiger partial charge on any atom is -0.324 e. The highest BCUT2D eigenvalue weighted by molar-refractivity contribution is 6.07. The first kappa shape index (κ1) is 13.4. The molecule has 1 atom stereocenters. The Balaban J connectivity index is 2.05. The maximum absolute atomic E-state index is 12.1. The highest BCUT2D eigenvalue weighted by Crippen LogP contribution is 2.21. The molecule has 2 N–H and O–H groups in total. The molecule has 0 saturated heterocycles. The second kappa shape index (κ2) is 5.71. The summed E-state index contributed by atoms with van der Waals surface area (Å²) < 4.78 is 0. The molecule has 6 heteroatoms. The Hall–Kier alpha value is -2.08. The SMILES string of the molecule is NCC1=N[C@H](CC2C=CC(=O)C=C2)C(=O)N1CC=O. The number of aliphatic imine (C=N–C) groups is 1. The molecule has 0 unspecified atom stereocenters. The van der Waals surface area contributed by atoms with Gasteiger partial charge in [0, 0.05) is 0 Å². The number of carbonyl (C=O) groups excluding carboxylic acids is 3. The van der Waals surface area contributed by atoms with Gasteiger partial charge in [0.15, 0.2) is 5.78 Å². The lowest BCUT2D eigenvalue weighted by atomic mass is 9.95. The summed E-state index contributed by atoms with van der Waals surface area (Å²) in [5.74, 6) is 0.196. The van der Waals surface area contributed by atoms with E-state index in [0.717, 1.165) is 0 Å². The fraction of sp³-hybridized carbons (Fsp3) is 0.385. The topological polar surface area (TPSA) is 92.8 Å². The predicted molar refractivity (Wildman–Crippen MR) is 69.4 cm³/mol. The van der Waals surface area contributed by atoms with Gasteiger partial charge < -0.3 is 10.5 Å². The van der Waals surface area contributed by atoms with Crippen LogP contribution in [0.15, 0.2) is 29.3 Å². The zero-order valence-corrected chi connectivity index (χ0v) is 10.4. The van der Waals surface area contributed by atoms with E-state index in [1.54, 1.807) is 12.2 Å². The van der Waals surface area contributed by atoms with Crippen molar-refractivity contribution in [1.29, 1.82) is 0 Å². The minimum absolute atomic E-state index is 0.00519. The van der Waals surface area contributed by atoms with E-state index in [0.29, 0.717) is 18.5 Å². The Morgan fingerprint density at radius 1 is 1.32 bits per heavy atom. The number of nitrogens with two attached hydrogens (primary N) is 1. The van der Waals surface area contributed by atoms with E-state index in [4.69, 9.17) is 5.73 Å². The zero-order valence-electron chi connectivity index (χ0n) is 10.4. The Morgan fingerprint density at radius 2 is 2.00 bits per heavy atom. The number of amidine groups is 1. The lowest BCUT2D eigenvalue weighted by Crippen LogP contribution is -2.39. The Labute approximate surface area is 110 Å². The molecule has 1 aliphatic heterocycles. The van der Waals surface area contributed by atoms with E-state index in [-0.39, 0.29) is 30.7 Å². The fourth-order valence-corrected chi connectivity index (χ4v) is 2.17. The van der Waals surface area contributed by atoms with Gasteiger partial charge in [-0.3, -0.25) is 19.5 Å². The van der Waals surface area contributed by atoms with Gasteiger partial charge >= 0.3 is 0 Å². The maximum Gasteiger partial charge on any atom is 0.253 e. The molecule has 0 spiro atoms. The largest absolute Gasteiger partial charge is 0.324 e. The number of carbonyl (C=O) groups is 3. The molecule has 1 amide bonds. The van der Waals surface area contributed by atoms with Crippen LogP contribution >= 0.6 is 0 Å². The Kier molecular flexibility index (Phi) is 4.01. The van der Waals surface area contributed by atoms with Gasteiger partial charge in [0.2, 0.25) is 0 Å². The molecule has 100 valence electrons. The second-order valence-electron chi connectivity index (χ2n) is 4.40. The van der Waals surface area contributed by atoms with Crippen molar-refractivity contribution in [2.24, 2.45) is 16.6 Å². The van der Waals surface area contributed by atoms with Crippen LogP contribution in [0.25, 0.3) is 0 Å². The van der Waals surface area contributed by atoms with Crippen LogP contribution in [0, 0.1) is 5.92 Å². The number of nitrogens with zero attached hydrogens (tertiary/aromatic N) is 2. The number of hydrogen-bond donors (Lipinski definition) is 1. The van der Waals surface area contributed by atoms with E-state index in [9.17, 15) is 14.4 Å². The van der Waals surface area contributed by atoms with E-state index in [1.807, 2.05) is 0 Å². The summed E-state index contributed by atoms with van der Waals surface area (Å²) in [5, 5.41) is 0. The van der Waals surface area contributed by atoms with Gasteiger partial charge in [-0.05, 0) is 24.5 Å². The summed E-state index contributed by atoms with van der Waals surface area (Å²) in [4.78, 5) is 39.2. The van der Waals surface area contributed by atoms with Gasteiger partial charge in [-0.1, -0.05) is 12.2 Å². The minimum atomic E-state index is -0.522. The van der Waals surface area contributed by atoms with Crippen LogP contribution in [0.4, 0.5) is 0 Å². The third kappa shape index (κ3) is 2.85. The van der Waals surface area contributed by atoms with Gasteiger partial charge in [-0.25, -0.2) is 0 Å². The number of rotatable bonds is 5. The van der Waals surface area contributed by atoms with Crippen molar-refractivity contribution < 1.29 is 14.4 Å². The second-order valence-corrected chi connectivity index (χ2v) is 4.40. The molecule has 0 aromatic rings. The molecule has 1 aliphatic carbocycles. The summed E-state index contributed by atoms with van der Waals surface area (Å²) in [6, 6.07) is -0.522. The highest BCUT2D eigenvalue weighted by atomic mass is 16.2. The zero-order chi connectivity index (χ0) is 13.8. The summed E-state index contributed by atoms with van der Waals surface area (Å²) in [5.41, 5.74) is 5.52. The lowest BCUT2D eigenvalue weighted by molar-refractivity contribution is -0.129. The van der Waals surface area contributed by atoms with Crippen LogP contribution < -0.4 is 5.73 Å². The first-order valence-corrected chi connectivity index (χ1v) is 6.08. The summed E-state index contributed by atoms with van der Waals surface area (Å²) in [6.07, 6.45) is 7.63. The number of ketones is 1. The number of amides is 1. The van der Waals surface area contributed by atoms with Gasteiger partial charge in [0.05, 0.1) is 13.1 Å². The first-order chi connectivity index (χ1) is 9.15. The first-order valence-electron chi connectivity index (χ1n) is 6.08. The van der Waals surface area contributed by atoms with E-state index in [1.165, 1.54) is 17.1 Å². The van der Waals surface area contributed by atoms with Crippen molar-refractivity contribution in [2.45, 2.75) is 12.5 Å². The lowest BCUT2D eigenvalue weighted by Gasteiger charge is -2.16. The van der Waals surface area contributed by atoms with Crippen molar-refractivity contribution in [3.8, 4) is 0 Å². The van der Waals surface area contributed by atoms with E-state index < -0.39 is 6.04 Å². The number of hydrogen-bond acceptors (Lipinski definition) is 5. The molecular weight excluding hydrogens is 246 g/mol. The number of allylic oxidation sites excluding steroid dienone is 4.